The van der Waals surface area contributed by atoms with Crippen molar-refractivity contribution < 1.29 is 14.3 Å². The summed E-state index contributed by atoms with van der Waals surface area (Å²) >= 11 is 6.05. The van der Waals surface area contributed by atoms with E-state index in [1.54, 1.807) is 12.1 Å². The van der Waals surface area contributed by atoms with Gasteiger partial charge < -0.3 is 15.4 Å². The zero-order valence-corrected chi connectivity index (χ0v) is 15.5. The fourth-order valence-corrected chi connectivity index (χ4v) is 2.62. The molecule has 0 saturated carbocycles. The van der Waals surface area contributed by atoms with Crippen LogP contribution in [0.5, 0.6) is 5.75 Å². The Morgan fingerprint density at radius 3 is 2.20 bits per heavy atom. The average Bonchev–Trinajstić information content (AvgIpc) is 2.54. The lowest BCUT2D eigenvalue weighted by atomic mass is 10.1. The van der Waals surface area contributed by atoms with E-state index in [0.717, 1.165) is 22.4 Å². The summed E-state index contributed by atoms with van der Waals surface area (Å²) in [5, 5.41) is 6.03. The van der Waals surface area contributed by atoms with Gasteiger partial charge in [0.25, 0.3) is 0 Å². The molecule has 2 N–H and O–H groups in total. The Balaban J connectivity index is 2.05. The maximum absolute atomic E-state index is 12.2. The second kappa shape index (κ2) is 8.03. The monoisotopic (exact) mass is 360 g/mol. The maximum Gasteiger partial charge on any atom is 0.233 e. The number of para-hydroxylation sites is 1. The van der Waals surface area contributed by atoms with Crippen LogP contribution in [0.15, 0.2) is 30.3 Å². The summed E-state index contributed by atoms with van der Waals surface area (Å²) in [6, 6.07) is 9.07. The minimum Gasteiger partial charge on any atom is -0.495 e. The van der Waals surface area contributed by atoms with Gasteiger partial charge in [0.1, 0.15) is 12.2 Å². The van der Waals surface area contributed by atoms with Gasteiger partial charge in [-0.25, -0.2) is 0 Å². The third-order valence-electron chi connectivity index (χ3n) is 3.82. The molecular formula is C19H21ClN2O3. The van der Waals surface area contributed by atoms with Gasteiger partial charge in [0, 0.05) is 16.8 Å². The van der Waals surface area contributed by atoms with Crippen molar-refractivity contribution in [3.05, 3.63) is 52.0 Å². The first kappa shape index (κ1) is 18.8. The number of carbonyl (C=O) groups is 2. The van der Waals surface area contributed by atoms with Crippen LogP contribution in [-0.4, -0.2) is 18.9 Å². The van der Waals surface area contributed by atoms with Gasteiger partial charge in [-0.3, -0.25) is 9.59 Å². The van der Waals surface area contributed by atoms with E-state index in [9.17, 15) is 9.59 Å². The summed E-state index contributed by atoms with van der Waals surface area (Å²) in [7, 11) is 1.49. The fraction of sp³-hybridized carbons (Fsp3) is 0.263. The molecule has 0 fully saturated rings. The number of aryl methyl sites for hydroxylation is 3. The van der Waals surface area contributed by atoms with Crippen molar-refractivity contribution in [3.8, 4) is 5.75 Å². The molecule has 0 bridgehead atoms. The first-order chi connectivity index (χ1) is 11.8. The zero-order valence-electron chi connectivity index (χ0n) is 14.7. The van der Waals surface area contributed by atoms with Crippen molar-refractivity contribution in [2.75, 3.05) is 17.7 Å². The fourth-order valence-electron chi connectivity index (χ4n) is 2.47. The molecular weight excluding hydrogens is 340 g/mol. The van der Waals surface area contributed by atoms with Gasteiger partial charge in [-0.15, -0.1) is 0 Å². The van der Waals surface area contributed by atoms with E-state index < -0.39 is 5.91 Å². The average molecular weight is 361 g/mol. The van der Waals surface area contributed by atoms with Crippen LogP contribution < -0.4 is 15.4 Å². The number of carbonyl (C=O) groups excluding carboxylic acids is 2. The Kier molecular flexibility index (Phi) is 6.04. The second-order valence-electron chi connectivity index (χ2n) is 5.84. The van der Waals surface area contributed by atoms with Crippen LogP contribution in [0.3, 0.4) is 0 Å². The number of benzene rings is 2. The van der Waals surface area contributed by atoms with Crippen LogP contribution >= 0.6 is 11.6 Å². The van der Waals surface area contributed by atoms with Gasteiger partial charge in [0.05, 0.1) is 12.8 Å². The van der Waals surface area contributed by atoms with Crippen molar-refractivity contribution >= 4 is 34.8 Å². The molecule has 0 aliphatic rings. The summed E-state index contributed by atoms with van der Waals surface area (Å²) in [4.78, 5) is 24.4. The number of amides is 2. The Morgan fingerprint density at radius 2 is 1.60 bits per heavy atom. The van der Waals surface area contributed by atoms with E-state index in [1.165, 1.54) is 7.11 Å². The van der Waals surface area contributed by atoms with E-state index in [1.807, 2.05) is 39.0 Å². The second-order valence-corrected chi connectivity index (χ2v) is 6.25. The molecule has 2 amide bonds. The number of nitrogens with one attached hydrogen (secondary N) is 2. The molecule has 0 aliphatic heterocycles. The number of anilines is 2. The molecule has 0 aliphatic carbocycles. The summed E-state index contributed by atoms with van der Waals surface area (Å²) in [5.41, 5.74) is 3.92. The third-order valence-corrected chi connectivity index (χ3v) is 4.23. The summed E-state index contributed by atoms with van der Waals surface area (Å²) in [5.74, 6) is -0.359. The molecule has 2 rings (SSSR count). The Labute approximate surface area is 152 Å². The zero-order chi connectivity index (χ0) is 18.6. The topological polar surface area (TPSA) is 67.4 Å². The normalized spacial score (nSPS) is 10.3. The molecule has 132 valence electrons. The van der Waals surface area contributed by atoms with Crippen LogP contribution in [0, 0.1) is 20.8 Å². The maximum atomic E-state index is 12.2. The van der Waals surface area contributed by atoms with Crippen LogP contribution in [0.1, 0.15) is 23.1 Å². The molecule has 0 atom stereocenters. The lowest BCUT2D eigenvalue weighted by Gasteiger charge is -2.13. The number of methoxy groups -OCH3 is 1. The van der Waals surface area contributed by atoms with Gasteiger partial charge in [-0.05, 0) is 43.5 Å². The number of rotatable bonds is 5. The van der Waals surface area contributed by atoms with Crippen LogP contribution in [-0.2, 0) is 9.59 Å². The highest BCUT2D eigenvalue weighted by molar-refractivity contribution is 6.31. The summed E-state index contributed by atoms with van der Waals surface area (Å²) < 4.78 is 5.21. The van der Waals surface area contributed by atoms with Crippen LogP contribution in [0.25, 0.3) is 0 Å². The molecule has 0 aromatic heterocycles. The van der Waals surface area contributed by atoms with Gasteiger partial charge in [-0.1, -0.05) is 29.8 Å². The molecule has 6 heteroatoms. The standard InChI is InChI=1S/C19H21ClN2O3/c1-11-6-5-7-12(2)19(11)22-18(24)10-17(23)21-15-8-13(3)14(20)9-16(15)25-4/h5-9H,10H2,1-4H3,(H,21,23)(H,22,24). The van der Waals surface area contributed by atoms with Gasteiger partial charge in [-0.2, -0.15) is 0 Å². The molecule has 2 aromatic carbocycles. The van der Waals surface area contributed by atoms with Gasteiger partial charge in [0.2, 0.25) is 11.8 Å². The van der Waals surface area contributed by atoms with E-state index in [2.05, 4.69) is 10.6 Å². The molecule has 0 radical (unpaired) electrons. The SMILES string of the molecule is COc1cc(Cl)c(C)cc1NC(=O)CC(=O)Nc1c(C)cccc1C. The highest BCUT2D eigenvalue weighted by Crippen LogP contribution is 2.31. The molecule has 0 heterocycles. The first-order valence-corrected chi connectivity index (χ1v) is 8.19. The Hall–Kier alpha value is -2.53. The van der Waals surface area contributed by atoms with Crippen molar-refractivity contribution in [2.45, 2.75) is 27.2 Å². The largest absolute Gasteiger partial charge is 0.495 e. The van der Waals surface area contributed by atoms with Crippen molar-refractivity contribution in [2.24, 2.45) is 0 Å². The lowest BCUT2D eigenvalue weighted by molar-refractivity contribution is -0.123. The van der Waals surface area contributed by atoms with Crippen LogP contribution in [0.2, 0.25) is 5.02 Å². The smallest absolute Gasteiger partial charge is 0.233 e. The Bertz CT molecular complexity index is 798. The molecule has 25 heavy (non-hydrogen) atoms. The molecule has 2 aromatic rings. The molecule has 5 nitrogen and oxygen atoms in total. The number of hydrogen-bond acceptors (Lipinski definition) is 3. The van der Waals surface area contributed by atoms with E-state index >= 15 is 0 Å². The highest BCUT2D eigenvalue weighted by Gasteiger charge is 2.15. The van der Waals surface area contributed by atoms with E-state index in [0.29, 0.717) is 16.5 Å². The minimum absolute atomic E-state index is 0.293. The Morgan fingerprint density at radius 1 is 1.00 bits per heavy atom. The molecule has 0 spiro atoms. The van der Waals surface area contributed by atoms with Crippen molar-refractivity contribution in [1.29, 1.82) is 0 Å². The van der Waals surface area contributed by atoms with Crippen LogP contribution in [0.4, 0.5) is 11.4 Å². The first-order valence-electron chi connectivity index (χ1n) is 7.82. The third kappa shape index (κ3) is 4.73. The highest BCUT2D eigenvalue weighted by atomic mass is 35.5. The predicted molar refractivity (Wildman–Crippen MR) is 101 cm³/mol. The number of hydrogen-bond donors (Lipinski definition) is 2. The summed E-state index contributed by atoms with van der Waals surface area (Å²) in [6.45, 7) is 5.64. The van der Waals surface area contributed by atoms with E-state index in [4.69, 9.17) is 16.3 Å². The summed E-state index contributed by atoms with van der Waals surface area (Å²) in [6.07, 6.45) is -0.293. The van der Waals surface area contributed by atoms with Crippen molar-refractivity contribution in [1.82, 2.24) is 0 Å². The molecule has 0 saturated heterocycles. The number of halogens is 1. The minimum atomic E-state index is -0.427. The number of ether oxygens (including phenoxy) is 1. The quantitative estimate of drug-likeness (QED) is 0.783. The predicted octanol–water partition coefficient (Wildman–Crippen LogP) is 4.24. The molecule has 0 unspecified atom stereocenters. The van der Waals surface area contributed by atoms with Crippen molar-refractivity contribution in [3.63, 3.8) is 0 Å². The lowest BCUT2D eigenvalue weighted by Crippen LogP contribution is -2.22. The van der Waals surface area contributed by atoms with Gasteiger partial charge >= 0.3 is 0 Å². The van der Waals surface area contributed by atoms with Gasteiger partial charge in [0.15, 0.2) is 0 Å². The van der Waals surface area contributed by atoms with E-state index in [-0.39, 0.29) is 12.3 Å².